The fraction of sp³-hybridized carbons (Fsp3) is 1.00. The Balaban J connectivity index is 2.21. The zero-order chi connectivity index (χ0) is 16.2. The molecule has 0 saturated heterocycles. The summed E-state index contributed by atoms with van der Waals surface area (Å²) in [5, 5.41) is 0. The Bertz CT molecular complexity index is 564. The van der Waals surface area contributed by atoms with Crippen molar-refractivity contribution < 1.29 is 0 Å². The monoisotopic (exact) mass is 288 g/mol. The predicted octanol–water partition coefficient (Wildman–Crippen LogP) is 6.01. The van der Waals surface area contributed by atoms with Crippen LogP contribution in [0.4, 0.5) is 0 Å². The van der Waals surface area contributed by atoms with Gasteiger partial charge < -0.3 is 0 Å². The van der Waals surface area contributed by atoms with E-state index in [-0.39, 0.29) is 0 Å². The Morgan fingerprint density at radius 3 is 1.52 bits per heavy atom. The molecule has 0 N–H and O–H groups in total. The van der Waals surface area contributed by atoms with E-state index in [0.29, 0.717) is 37.9 Å². The lowest BCUT2D eigenvalue weighted by molar-refractivity contribution is -0.322. The number of hydrogen-bond donors (Lipinski definition) is 0. The first-order chi connectivity index (χ1) is 9.18. The zero-order valence-corrected chi connectivity index (χ0v) is 16.2. The third-order valence-electron chi connectivity index (χ3n) is 12.8. The Morgan fingerprint density at radius 2 is 1.05 bits per heavy atom. The van der Waals surface area contributed by atoms with E-state index in [9.17, 15) is 0 Å². The van der Waals surface area contributed by atoms with Crippen LogP contribution in [0.25, 0.3) is 0 Å². The standard InChI is InChI=1S/C21H36/c1-12-14-17(7)13(2)19(9)16(5,6)21(17,11)20(14,10)15(3,4)18(12,19)8/h12-14H,1-11H3. The highest BCUT2D eigenvalue weighted by molar-refractivity contribution is 5.47. The quantitative estimate of drug-likeness (QED) is 0.512. The molecule has 0 amide bonds. The van der Waals surface area contributed by atoms with Crippen molar-refractivity contribution in [2.75, 3.05) is 0 Å². The van der Waals surface area contributed by atoms with Crippen LogP contribution in [0.3, 0.4) is 0 Å². The van der Waals surface area contributed by atoms with Crippen LogP contribution in [0, 0.1) is 55.7 Å². The van der Waals surface area contributed by atoms with Gasteiger partial charge in [0.05, 0.1) is 0 Å². The molecule has 0 spiro atoms. The van der Waals surface area contributed by atoms with E-state index < -0.39 is 0 Å². The molecule has 5 rings (SSSR count). The van der Waals surface area contributed by atoms with E-state index in [4.69, 9.17) is 0 Å². The van der Waals surface area contributed by atoms with Crippen molar-refractivity contribution in [2.24, 2.45) is 55.7 Å². The molecular formula is C21H36. The average molecular weight is 289 g/mol. The summed E-state index contributed by atoms with van der Waals surface area (Å²) in [6, 6.07) is 0. The van der Waals surface area contributed by atoms with Gasteiger partial charge in [0.1, 0.15) is 0 Å². The van der Waals surface area contributed by atoms with E-state index in [1.807, 2.05) is 0 Å². The molecule has 0 aromatic carbocycles. The van der Waals surface area contributed by atoms with Gasteiger partial charge in [-0.25, -0.2) is 0 Å². The van der Waals surface area contributed by atoms with Crippen LogP contribution >= 0.6 is 0 Å². The van der Waals surface area contributed by atoms with Gasteiger partial charge in [0, 0.05) is 0 Å². The molecular weight excluding hydrogens is 252 g/mol. The van der Waals surface area contributed by atoms with Crippen LogP contribution in [0.2, 0.25) is 0 Å². The molecule has 120 valence electrons. The van der Waals surface area contributed by atoms with E-state index >= 15 is 0 Å². The molecule has 5 aliphatic rings. The average Bonchev–Trinajstić information content (AvgIpc) is 2.50. The lowest BCUT2D eigenvalue weighted by Crippen LogP contribution is -2.75. The fourth-order valence-electron chi connectivity index (χ4n) is 11.1. The molecule has 5 aliphatic carbocycles. The van der Waals surface area contributed by atoms with Crippen LogP contribution in [0.1, 0.15) is 76.2 Å². The largest absolute Gasteiger partial charge is 0.0616 e. The van der Waals surface area contributed by atoms with Crippen molar-refractivity contribution in [2.45, 2.75) is 76.2 Å². The maximum Gasteiger partial charge on any atom is -0.0147 e. The molecule has 8 atom stereocenters. The van der Waals surface area contributed by atoms with Crippen molar-refractivity contribution in [1.82, 2.24) is 0 Å². The summed E-state index contributed by atoms with van der Waals surface area (Å²) in [6.07, 6.45) is 0. The Labute approximate surface area is 132 Å². The van der Waals surface area contributed by atoms with Crippen LogP contribution in [0.15, 0.2) is 0 Å². The summed E-state index contributed by atoms with van der Waals surface area (Å²) in [6.45, 7) is 29.0. The molecule has 0 aliphatic heterocycles. The summed E-state index contributed by atoms with van der Waals surface area (Å²) in [7, 11) is 0. The van der Waals surface area contributed by atoms with Gasteiger partial charge in [0.25, 0.3) is 0 Å². The zero-order valence-electron chi connectivity index (χ0n) is 16.2. The summed E-state index contributed by atoms with van der Waals surface area (Å²) >= 11 is 0. The normalized spacial score (nSPS) is 71.9. The predicted molar refractivity (Wildman–Crippen MR) is 89.9 cm³/mol. The maximum atomic E-state index is 2.67. The molecule has 0 aromatic rings. The van der Waals surface area contributed by atoms with Gasteiger partial charge >= 0.3 is 0 Å². The van der Waals surface area contributed by atoms with Crippen molar-refractivity contribution in [3.8, 4) is 0 Å². The third kappa shape index (κ3) is 0.689. The van der Waals surface area contributed by atoms with Gasteiger partial charge in [-0.2, -0.15) is 0 Å². The minimum absolute atomic E-state index is 0.411. The van der Waals surface area contributed by atoms with Gasteiger partial charge in [0.2, 0.25) is 0 Å². The number of rotatable bonds is 0. The van der Waals surface area contributed by atoms with Crippen LogP contribution in [0.5, 0.6) is 0 Å². The van der Waals surface area contributed by atoms with Gasteiger partial charge in [-0.1, -0.05) is 76.2 Å². The second kappa shape index (κ2) is 2.78. The molecule has 0 nitrogen and oxygen atoms in total. The lowest BCUT2D eigenvalue weighted by atomic mass is 9.25. The third-order valence-corrected chi connectivity index (χ3v) is 12.8. The van der Waals surface area contributed by atoms with Crippen LogP contribution in [-0.4, -0.2) is 0 Å². The number of hydrogen-bond acceptors (Lipinski definition) is 0. The molecule has 8 unspecified atom stereocenters. The summed E-state index contributed by atoms with van der Waals surface area (Å²) < 4.78 is 0. The molecule has 5 fully saturated rings. The van der Waals surface area contributed by atoms with Gasteiger partial charge in [-0.3, -0.25) is 0 Å². The Hall–Kier alpha value is 0. The minimum atomic E-state index is 0.411. The van der Waals surface area contributed by atoms with E-state index in [0.717, 1.165) is 17.8 Å². The molecule has 6 bridgehead atoms. The summed E-state index contributed by atoms with van der Waals surface area (Å²) in [5.74, 6) is 2.57. The second-order valence-corrected chi connectivity index (χ2v) is 11.3. The Morgan fingerprint density at radius 1 is 0.571 bits per heavy atom. The molecule has 0 radical (unpaired) electrons. The Kier molecular flexibility index (Phi) is 1.93. The van der Waals surface area contributed by atoms with E-state index in [2.05, 4.69) is 76.2 Å². The highest BCUT2D eigenvalue weighted by atomic mass is 15.0. The molecule has 0 heteroatoms. The topological polar surface area (TPSA) is 0 Å². The van der Waals surface area contributed by atoms with Gasteiger partial charge in [-0.15, -0.1) is 0 Å². The second-order valence-electron chi connectivity index (χ2n) is 11.3. The van der Waals surface area contributed by atoms with Gasteiger partial charge in [-0.05, 0) is 55.7 Å². The first-order valence-corrected chi connectivity index (χ1v) is 9.18. The molecule has 0 heterocycles. The fourth-order valence-corrected chi connectivity index (χ4v) is 11.1. The van der Waals surface area contributed by atoms with Crippen LogP contribution < -0.4 is 0 Å². The first kappa shape index (κ1) is 14.6. The highest BCUT2D eigenvalue weighted by Crippen LogP contribution is 3.04. The lowest BCUT2D eigenvalue weighted by Gasteiger charge is -2.79. The van der Waals surface area contributed by atoms with Crippen molar-refractivity contribution >= 4 is 0 Å². The molecule has 5 saturated carbocycles. The van der Waals surface area contributed by atoms with Crippen molar-refractivity contribution in [3.63, 3.8) is 0 Å². The summed E-state index contributed by atoms with van der Waals surface area (Å²) in [4.78, 5) is 0. The van der Waals surface area contributed by atoms with Crippen LogP contribution in [-0.2, 0) is 0 Å². The van der Waals surface area contributed by atoms with Crippen molar-refractivity contribution in [1.29, 1.82) is 0 Å². The van der Waals surface area contributed by atoms with Gasteiger partial charge in [0.15, 0.2) is 0 Å². The SMILES string of the molecule is CC1C2C3(C)C(C)C4(C)C(C)(C)C3(C)C2(C)C(C)(C)C14C. The summed E-state index contributed by atoms with van der Waals surface area (Å²) in [5.41, 5.74) is 3.17. The first-order valence-electron chi connectivity index (χ1n) is 9.18. The van der Waals surface area contributed by atoms with Crippen molar-refractivity contribution in [3.05, 3.63) is 0 Å². The minimum Gasteiger partial charge on any atom is -0.0616 e. The van der Waals surface area contributed by atoms with E-state index in [1.54, 1.807) is 0 Å². The van der Waals surface area contributed by atoms with E-state index in [1.165, 1.54) is 0 Å². The molecule has 21 heavy (non-hydrogen) atoms. The maximum absolute atomic E-state index is 2.67. The smallest absolute Gasteiger partial charge is 0.0147 e. The molecule has 0 aromatic heterocycles. The highest BCUT2D eigenvalue weighted by Gasteiger charge is 3.00.